The Kier molecular flexibility index (Phi) is 10.3. The lowest BCUT2D eigenvalue weighted by Crippen LogP contribution is -2.54. The summed E-state index contributed by atoms with van der Waals surface area (Å²) in [7, 11) is 0. The van der Waals surface area contributed by atoms with Crippen LogP contribution in [-0.2, 0) is 15.0 Å². The highest BCUT2D eigenvalue weighted by atomic mass is 35.5. The summed E-state index contributed by atoms with van der Waals surface area (Å²) in [5.41, 5.74) is 3.05. The molecule has 0 radical (unpaired) electrons. The van der Waals surface area contributed by atoms with Crippen LogP contribution in [0.2, 0.25) is 0 Å². The number of imide groups is 2. The van der Waals surface area contributed by atoms with Gasteiger partial charge in [-0.15, -0.1) is 11.6 Å². The number of aliphatic hydroxyl groups excluding tert-OH is 1. The van der Waals surface area contributed by atoms with Gasteiger partial charge in [-0.1, -0.05) is 44.2 Å². The van der Waals surface area contributed by atoms with E-state index in [1.165, 1.54) is 0 Å². The molecule has 2 unspecified atom stereocenters. The van der Waals surface area contributed by atoms with E-state index in [0.717, 1.165) is 34.6 Å². The number of piperidine rings is 1. The number of nitrogens with one attached hydrogen (secondary N) is 2. The van der Waals surface area contributed by atoms with Crippen LogP contribution in [0.25, 0.3) is 0 Å². The summed E-state index contributed by atoms with van der Waals surface area (Å²) in [4.78, 5) is 51.1. The Morgan fingerprint density at radius 1 is 0.935 bits per heavy atom. The first-order valence-corrected chi connectivity index (χ1v) is 15.9. The highest BCUT2D eigenvalue weighted by Gasteiger charge is 2.45. The number of ether oxygens (including phenoxy) is 2. The van der Waals surface area contributed by atoms with Gasteiger partial charge in [0, 0.05) is 24.1 Å². The highest BCUT2D eigenvalue weighted by molar-refractivity contribution is 6.25. The Morgan fingerprint density at radius 3 is 2.22 bits per heavy atom. The molecule has 0 aliphatic carbocycles. The van der Waals surface area contributed by atoms with E-state index in [0.29, 0.717) is 24.6 Å². The quantitative estimate of drug-likeness (QED) is 0.131. The summed E-state index contributed by atoms with van der Waals surface area (Å²) < 4.78 is 11.6. The summed E-state index contributed by atoms with van der Waals surface area (Å²) in [6, 6.07) is 19.9. The third-order valence-electron chi connectivity index (χ3n) is 8.40. The summed E-state index contributed by atoms with van der Waals surface area (Å²) in [6.45, 7) is 5.53. The van der Waals surface area contributed by atoms with Crippen LogP contribution in [0.3, 0.4) is 0 Å². The van der Waals surface area contributed by atoms with Crippen LogP contribution in [0.5, 0.6) is 11.5 Å². The van der Waals surface area contributed by atoms with Crippen molar-refractivity contribution in [1.29, 1.82) is 0 Å². The molecule has 0 saturated carbocycles. The van der Waals surface area contributed by atoms with Crippen LogP contribution >= 0.6 is 11.6 Å². The molecule has 2 aliphatic heterocycles. The van der Waals surface area contributed by atoms with Gasteiger partial charge in [-0.3, -0.25) is 29.4 Å². The maximum atomic E-state index is 13.2. The lowest BCUT2D eigenvalue weighted by molar-refractivity contribution is -0.136. The number of rotatable bonds is 14. The van der Waals surface area contributed by atoms with E-state index in [4.69, 9.17) is 21.1 Å². The molecule has 11 heteroatoms. The van der Waals surface area contributed by atoms with Gasteiger partial charge in [0.15, 0.2) is 0 Å². The number of halogens is 1. The van der Waals surface area contributed by atoms with Gasteiger partial charge in [0.05, 0.1) is 23.6 Å². The van der Waals surface area contributed by atoms with Gasteiger partial charge in [-0.25, -0.2) is 0 Å². The molecule has 3 N–H and O–H groups in total. The van der Waals surface area contributed by atoms with Crippen molar-refractivity contribution in [3.63, 3.8) is 0 Å². The minimum Gasteiger partial charge on any atom is -0.494 e. The van der Waals surface area contributed by atoms with Crippen molar-refractivity contribution in [1.82, 2.24) is 10.2 Å². The second-order valence-corrected chi connectivity index (χ2v) is 12.3. The van der Waals surface area contributed by atoms with Crippen molar-refractivity contribution >= 4 is 40.9 Å². The second kappa shape index (κ2) is 14.3. The van der Waals surface area contributed by atoms with E-state index < -0.39 is 35.8 Å². The first-order valence-electron chi connectivity index (χ1n) is 15.4. The molecule has 46 heavy (non-hydrogen) atoms. The van der Waals surface area contributed by atoms with Crippen LogP contribution in [0, 0.1) is 0 Å². The molecule has 0 spiro atoms. The lowest BCUT2D eigenvalue weighted by Gasteiger charge is -2.27. The maximum absolute atomic E-state index is 13.2. The number of unbranched alkanes of at least 4 members (excludes halogenated alkanes) is 1. The molecule has 5 rings (SSSR count). The molecular formula is C35H38ClN3O7. The Labute approximate surface area is 273 Å². The molecule has 242 valence electrons. The number of benzene rings is 3. The van der Waals surface area contributed by atoms with Gasteiger partial charge >= 0.3 is 0 Å². The summed E-state index contributed by atoms with van der Waals surface area (Å²) in [6.07, 6.45) is 1.02. The second-order valence-electron chi connectivity index (χ2n) is 12.0. The number of hydrogen-bond donors (Lipinski definition) is 3. The number of carbonyl (C=O) groups is 4. The summed E-state index contributed by atoms with van der Waals surface area (Å²) in [5.74, 6) is -0.515. The van der Waals surface area contributed by atoms with Gasteiger partial charge in [-0.05, 0) is 66.8 Å². The Morgan fingerprint density at radius 2 is 1.59 bits per heavy atom. The molecule has 2 heterocycles. The highest BCUT2D eigenvalue weighted by Crippen LogP contribution is 2.34. The topological polar surface area (TPSA) is 134 Å². The molecule has 10 nitrogen and oxygen atoms in total. The molecule has 1 fully saturated rings. The third-order valence-corrected chi connectivity index (χ3v) is 8.75. The average molecular weight is 648 g/mol. The molecule has 2 aliphatic rings. The fourth-order valence-corrected chi connectivity index (χ4v) is 5.73. The normalized spacial score (nSPS) is 17.0. The Bertz CT molecular complexity index is 1590. The lowest BCUT2D eigenvalue weighted by atomic mass is 9.78. The molecular weight excluding hydrogens is 610 g/mol. The number of nitrogens with zero attached hydrogens (tertiary/aromatic N) is 1. The van der Waals surface area contributed by atoms with Crippen molar-refractivity contribution in [2.75, 3.05) is 31.0 Å². The fraction of sp³-hybridized carbons (Fsp3) is 0.371. The van der Waals surface area contributed by atoms with Crippen molar-refractivity contribution < 1.29 is 33.8 Å². The average Bonchev–Trinajstić information content (AvgIpc) is 3.31. The SMILES string of the molecule is CC(C)(c1ccc(OCCCCNc2cccc3c2C(=O)N(C2CCC(=O)NC2=O)C3=O)cc1)c1ccc(OCC(O)CCl)cc1. The molecule has 1 saturated heterocycles. The standard InChI is InChI=1S/C35H38ClN3O7/c1-35(2,23-10-14-26(15-11-23)46-21-24(40)20-36)22-8-12-25(13-9-22)45-19-4-3-18-37-28-7-5-6-27-31(28)34(44)39(33(27)43)29-16-17-30(41)38-32(29)42/h5-15,24,29,37,40H,3-4,16-21H2,1-2H3,(H,38,41,42). The van der Waals surface area contributed by atoms with Crippen molar-refractivity contribution in [2.24, 2.45) is 0 Å². The largest absolute Gasteiger partial charge is 0.494 e. The van der Waals surface area contributed by atoms with Crippen LogP contribution < -0.4 is 20.1 Å². The molecule has 0 aromatic heterocycles. The van der Waals surface area contributed by atoms with Gasteiger partial charge in [0.25, 0.3) is 11.8 Å². The van der Waals surface area contributed by atoms with Gasteiger partial charge in [-0.2, -0.15) is 0 Å². The number of fused-ring (bicyclic) bond motifs is 1. The monoisotopic (exact) mass is 647 g/mol. The predicted octanol–water partition coefficient (Wildman–Crippen LogP) is 4.66. The maximum Gasteiger partial charge on any atom is 0.264 e. The molecule has 3 aromatic rings. The number of aliphatic hydroxyl groups is 1. The van der Waals surface area contributed by atoms with Crippen LogP contribution in [0.15, 0.2) is 66.7 Å². The Hall–Kier alpha value is -4.41. The van der Waals surface area contributed by atoms with Crippen molar-refractivity contribution in [3.05, 3.63) is 89.0 Å². The van der Waals surface area contributed by atoms with Gasteiger partial charge in [0.1, 0.15) is 30.3 Å². The fourth-order valence-electron chi connectivity index (χ4n) is 5.64. The zero-order chi connectivity index (χ0) is 32.8. The van der Waals surface area contributed by atoms with Crippen LogP contribution in [0.1, 0.15) is 71.4 Å². The molecule has 0 bridgehead atoms. The summed E-state index contributed by atoms with van der Waals surface area (Å²) in [5, 5.41) is 15.1. The van der Waals surface area contributed by atoms with E-state index in [2.05, 4.69) is 36.6 Å². The first kappa shape index (κ1) is 33.0. The Balaban J connectivity index is 1.08. The van der Waals surface area contributed by atoms with Crippen LogP contribution in [-0.4, -0.2) is 71.4 Å². The van der Waals surface area contributed by atoms with Crippen molar-refractivity contribution in [2.45, 2.75) is 57.1 Å². The number of anilines is 1. The number of carbonyl (C=O) groups excluding carboxylic acids is 4. The van der Waals surface area contributed by atoms with E-state index in [1.54, 1.807) is 18.2 Å². The van der Waals surface area contributed by atoms with Gasteiger partial charge < -0.3 is 19.9 Å². The smallest absolute Gasteiger partial charge is 0.264 e. The zero-order valence-corrected chi connectivity index (χ0v) is 26.6. The molecule has 3 aromatic carbocycles. The minimum absolute atomic E-state index is 0.0770. The van der Waals surface area contributed by atoms with E-state index in [1.807, 2.05) is 36.4 Å². The number of hydrogen-bond acceptors (Lipinski definition) is 8. The van der Waals surface area contributed by atoms with Crippen LogP contribution in [0.4, 0.5) is 5.69 Å². The molecule has 4 amide bonds. The van der Waals surface area contributed by atoms with Gasteiger partial charge in [0.2, 0.25) is 11.8 Å². The zero-order valence-electron chi connectivity index (χ0n) is 25.9. The first-order chi connectivity index (χ1) is 22.1. The molecule has 2 atom stereocenters. The third kappa shape index (κ3) is 7.18. The van der Waals surface area contributed by atoms with E-state index in [9.17, 15) is 24.3 Å². The minimum atomic E-state index is -0.995. The predicted molar refractivity (Wildman–Crippen MR) is 174 cm³/mol. The number of alkyl halides is 1. The number of amides is 4. The summed E-state index contributed by atoms with van der Waals surface area (Å²) >= 11 is 5.63. The van der Waals surface area contributed by atoms with Crippen molar-refractivity contribution in [3.8, 4) is 11.5 Å². The van der Waals surface area contributed by atoms with E-state index in [-0.39, 0.29) is 41.9 Å². The van der Waals surface area contributed by atoms with E-state index >= 15 is 0 Å².